The second kappa shape index (κ2) is 7.82. The van der Waals surface area contributed by atoms with Crippen LogP contribution in [0.3, 0.4) is 0 Å². The molecule has 0 bridgehead atoms. The van der Waals surface area contributed by atoms with Crippen molar-refractivity contribution in [2.75, 3.05) is 18.5 Å². The highest BCUT2D eigenvalue weighted by molar-refractivity contribution is 6.01. The van der Waals surface area contributed by atoms with Crippen molar-refractivity contribution in [1.29, 1.82) is 0 Å². The van der Waals surface area contributed by atoms with Gasteiger partial charge < -0.3 is 14.8 Å². The Labute approximate surface area is 154 Å². The van der Waals surface area contributed by atoms with Gasteiger partial charge in [0.15, 0.2) is 6.61 Å². The first-order valence-electron chi connectivity index (χ1n) is 8.14. The molecule has 0 saturated carbocycles. The molecule has 1 heterocycles. The fraction of sp³-hybridized carbons (Fsp3) is 0.150. The van der Waals surface area contributed by atoms with Gasteiger partial charge in [-0.05, 0) is 30.3 Å². The first-order chi connectivity index (χ1) is 12.9. The smallest absolute Gasteiger partial charge is 0.337 e. The number of hydrogen-bond donors (Lipinski definition) is 1. The molecule has 1 N–H and O–H groups in total. The number of ether oxygens (including phenoxy) is 2. The molecule has 3 rings (SSSR count). The Hall–Kier alpha value is -3.48. The van der Waals surface area contributed by atoms with Crippen LogP contribution in [0.25, 0.3) is 6.08 Å². The number of anilines is 1. The minimum absolute atomic E-state index is 0.0316. The van der Waals surface area contributed by atoms with Crippen molar-refractivity contribution in [3.63, 3.8) is 0 Å². The number of rotatable bonds is 5. The third kappa shape index (κ3) is 4.38. The summed E-state index contributed by atoms with van der Waals surface area (Å²) in [6.45, 7) is 0.719. The number of amides is 1. The molecule has 0 atom stereocenters. The number of esters is 1. The highest BCUT2D eigenvalue weighted by atomic mass is 19.1. The van der Waals surface area contributed by atoms with Gasteiger partial charge in [0.05, 0.1) is 11.1 Å². The van der Waals surface area contributed by atoms with Gasteiger partial charge in [0.25, 0.3) is 0 Å². The maximum absolute atomic E-state index is 14.1. The molecule has 7 heteroatoms. The molecule has 1 amide bonds. The van der Waals surface area contributed by atoms with Gasteiger partial charge >= 0.3 is 5.97 Å². The van der Waals surface area contributed by atoms with Gasteiger partial charge in [0, 0.05) is 18.2 Å². The van der Waals surface area contributed by atoms with Crippen molar-refractivity contribution in [3.05, 3.63) is 65.0 Å². The van der Waals surface area contributed by atoms with Crippen molar-refractivity contribution < 1.29 is 28.2 Å². The van der Waals surface area contributed by atoms with E-state index >= 15 is 0 Å². The molecule has 6 nitrogen and oxygen atoms in total. The molecule has 0 unspecified atom stereocenters. The summed E-state index contributed by atoms with van der Waals surface area (Å²) >= 11 is 0. The van der Waals surface area contributed by atoms with Crippen LogP contribution >= 0.6 is 0 Å². The summed E-state index contributed by atoms with van der Waals surface area (Å²) in [5.41, 5.74) is 1.01. The van der Waals surface area contributed by atoms with Gasteiger partial charge in [0.1, 0.15) is 18.2 Å². The summed E-state index contributed by atoms with van der Waals surface area (Å²) in [7, 11) is 0. The van der Waals surface area contributed by atoms with Crippen LogP contribution in [0.5, 0.6) is 5.75 Å². The van der Waals surface area contributed by atoms with Crippen LogP contribution in [-0.4, -0.2) is 30.9 Å². The lowest BCUT2D eigenvalue weighted by Gasteiger charge is -2.16. The molecule has 2 aromatic rings. The lowest BCUT2D eigenvalue weighted by molar-refractivity contribution is -0.138. The van der Waals surface area contributed by atoms with E-state index in [-0.39, 0.29) is 29.3 Å². The Bertz CT molecular complexity index is 951. The van der Waals surface area contributed by atoms with Crippen LogP contribution in [0.2, 0.25) is 0 Å². The predicted octanol–water partition coefficient (Wildman–Crippen LogP) is 2.99. The summed E-state index contributed by atoms with van der Waals surface area (Å²) in [6, 6.07) is 10.9. The number of fused-ring (bicyclic) bond motifs is 1. The molecule has 0 aliphatic carbocycles. The second-order valence-corrected chi connectivity index (χ2v) is 5.87. The molecule has 27 heavy (non-hydrogen) atoms. The number of Topliss-reactive ketones (excluding diaryl/α,β-unsaturated/α-hetero) is 1. The lowest BCUT2D eigenvalue weighted by Crippen LogP contribution is -2.21. The largest absolute Gasteiger partial charge is 0.488 e. The van der Waals surface area contributed by atoms with E-state index in [9.17, 15) is 18.8 Å². The van der Waals surface area contributed by atoms with Crippen molar-refractivity contribution in [2.45, 2.75) is 6.92 Å². The van der Waals surface area contributed by atoms with E-state index in [1.807, 2.05) is 12.1 Å². The number of carbonyl (C=O) groups excluding carboxylic acids is 3. The Kier molecular flexibility index (Phi) is 5.30. The molecular formula is C20H16FNO5. The van der Waals surface area contributed by atoms with Crippen molar-refractivity contribution in [3.8, 4) is 5.75 Å². The zero-order valence-corrected chi connectivity index (χ0v) is 14.5. The van der Waals surface area contributed by atoms with Crippen molar-refractivity contribution >= 4 is 29.4 Å². The van der Waals surface area contributed by atoms with E-state index in [2.05, 4.69) is 5.32 Å². The van der Waals surface area contributed by atoms with Gasteiger partial charge in [0.2, 0.25) is 11.7 Å². The molecule has 1 aliphatic heterocycles. The van der Waals surface area contributed by atoms with E-state index < -0.39 is 24.2 Å². The van der Waals surface area contributed by atoms with Crippen LogP contribution in [0, 0.1) is 5.82 Å². The molecule has 2 aromatic carbocycles. The van der Waals surface area contributed by atoms with Crippen LogP contribution in [0.1, 0.15) is 22.8 Å². The number of benzene rings is 2. The Morgan fingerprint density at radius 1 is 1.19 bits per heavy atom. The maximum Gasteiger partial charge on any atom is 0.337 e. The quantitative estimate of drug-likeness (QED) is 0.647. The van der Waals surface area contributed by atoms with Crippen LogP contribution in [-0.2, 0) is 14.3 Å². The summed E-state index contributed by atoms with van der Waals surface area (Å²) in [4.78, 5) is 35.2. The number of hydrogen-bond acceptors (Lipinski definition) is 5. The third-order valence-corrected chi connectivity index (χ3v) is 3.82. The van der Waals surface area contributed by atoms with Gasteiger partial charge in [-0.3, -0.25) is 9.59 Å². The zero-order valence-electron chi connectivity index (χ0n) is 14.5. The Morgan fingerprint density at radius 3 is 2.70 bits per heavy atom. The van der Waals surface area contributed by atoms with Gasteiger partial charge in [-0.15, -0.1) is 0 Å². The van der Waals surface area contributed by atoms with E-state index in [1.54, 1.807) is 18.2 Å². The van der Waals surface area contributed by atoms with Crippen molar-refractivity contribution in [1.82, 2.24) is 0 Å². The first-order valence-corrected chi connectivity index (χ1v) is 8.14. The van der Waals surface area contributed by atoms with E-state index in [0.29, 0.717) is 5.75 Å². The highest BCUT2D eigenvalue weighted by Crippen LogP contribution is 2.26. The van der Waals surface area contributed by atoms with Gasteiger partial charge in [-0.2, -0.15) is 0 Å². The van der Waals surface area contributed by atoms with Crippen LogP contribution in [0.4, 0.5) is 10.1 Å². The minimum Gasteiger partial charge on any atom is -0.488 e. The van der Waals surface area contributed by atoms with Gasteiger partial charge in [-0.1, -0.05) is 18.2 Å². The number of para-hydroxylation sites is 1. The average Bonchev–Trinajstić information content (AvgIpc) is 2.65. The van der Waals surface area contributed by atoms with Crippen LogP contribution < -0.4 is 10.1 Å². The number of halogens is 1. The molecule has 138 valence electrons. The predicted molar refractivity (Wildman–Crippen MR) is 95.9 cm³/mol. The summed E-state index contributed by atoms with van der Waals surface area (Å²) in [5, 5.41) is 2.42. The third-order valence-electron chi connectivity index (χ3n) is 3.82. The Morgan fingerprint density at radius 2 is 1.96 bits per heavy atom. The normalized spacial score (nSPS) is 12.3. The number of ketones is 1. The molecular weight excluding hydrogens is 353 g/mol. The van der Waals surface area contributed by atoms with E-state index in [4.69, 9.17) is 9.47 Å². The molecule has 1 aliphatic rings. The summed E-state index contributed by atoms with van der Waals surface area (Å²) in [5.74, 6) is -1.89. The monoisotopic (exact) mass is 369 g/mol. The Balaban J connectivity index is 1.63. The maximum atomic E-state index is 14.1. The number of carbonyl (C=O) groups is 3. The van der Waals surface area contributed by atoms with Gasteiger partial charge in [-0.25, -0.2) is 9.18 Å². The van der Waals surface area contributed by atoms with E-state index in [1.165, 1.54) is 19.1 Å². The SMILES string of the molecule is CC(=O)Nc1ccc(C(=O)COC(=O)C2=Cc3ccccc3OC2)c(F)c1. The van der Waals surface area contributed by atoms with Crippen LogP contribution in [0.15, 0.2) is 48.0 Å². The lowest BCUT2D eigenvalue weighted by atomic mass is 10.1. The average molecular weight is 369 g/mol. The molecule has 0 fully saturated rings. The highest BCUT2D eigenvalue weighted by Gasteiger charge is 2.20. The molecule has 0 aromatic heterocycles. The first kappa shape index (κ1) is 18.3. The second-order valence-electron chi connectivity index (χ2n) is 5.87. The fourth-order valence-corrected chi connectivity index (χ4v) is 2.56. The zero-order chi connectivity index (χ0) is 19.4. The summed E-state index contributed by atoms with van der Waals surface area (Å²) in [6.07, 6.45) is 1.63. The summed E-state index contributed by atoms with van der Waals surface area (Å²) < 4.78 is 24.5. The fourth-order valence-electron chi connectivity index (χ4n) is 2.56. The molecule has 0 radical (unpaired) electrons. The minimum atomic E-state index is -0.809. The standard InChI is InChI=1S/C20H16FNO5/c1-12(23)22-15-6-7-16(17(21)9-15)18(24)11-27-20(25)14-8-13-4-2-3-5-19(13)26-10-14/h2-9H,10-11H2,1H3,(H,22,23). The number of nitrogens with one attached hydrogen (secondary N) is 1. The van der Waals surface area contributed by atoms with Crippen molar-refractivity contribution in [2.24, 2.45) is 0 Å². The van der Waals surface area contributed by atoms with E-state index in [0.717, 1.165) is 11.6 Å². The topological polar surface area (TPSA) is 81.7 Å². The molecule has 0 spiro atoms. The molecule has 0 saturated heterocycles.